The van der Waals surface area contributed by atoms with E-state index in [0.717, 1.165) is 0 Å². The summed E-state index contributed by atoms with van der Waals surface area (Å²) in [5.74, 6) is 0.698. The van der Waals surface area contributed by atoms with Crippen molar-refractivity contribution < 1.29 is 9.59 Å². The summed E-state index contributed by atoms with van der Waals surface area (Å²) in [4.78, 5) is 32.4. The van der Waals surface area contributed by atoms with Crippen LogP contribution in [0.1, 0.15) is 54.4 Å². The number of amides is 1. The minimum absolute atomic E-state index is 0.0550. The number of nitrogens with zero attached hydrogens (tertiary/aromatic N) is 2. The Labute approximate surface area is 141 Å². The van der Waals surface area contributed by atoms with Crippen molar-refractivity contribution in [3.05, 3.63) is 47.4 Å². The lowest BCUT2D eigenvalue weighted by Crippen LogP contribution is -2.27. The summed E-state index contributed by atoms with van der Waals surface area (Å²) in [6, 6.07) is 8.42. The molecule has 0 aliphatic rings. The molecule has 0 atom stereocenters. The molecule has 2 N–H and O–H groups in total. The molecule has 0 aliphatic carbocycles. The van der Waals surface area contributed by atoms with Crippen molar-refractivity contribution in [1.29, 1.82) is 0 Å². The van der Waals surface area contributed by atoms with Gasteiger partial charge in [0, 0.05) is 22.9 Å². The maximum Gasteiger partial charge on any atom is 0.274 e. The van der Waals surface area contributed by atoms with Crippen LogP contribution in [0.25, 0.3) is 0 Å². The molecule has 2 aromatic rings. The molecule has 0 unspecified atom stereocenters. The first-order valence-corrected chi connectivity index (χ1v) is 7.70. The summed E-state index contributed by atoms with van der Waals surface area (Å²) in [5, 5.41) is 5.99. The van der Waals surface area contributed by atoms with Crippen molar-refractivity contribution in [1.82, 2.24) is 9.97 Å². The van der Waals surface area contributed by atoms with Crippen molar-refractivity contribution in [2.45, 2.75) is 40.2 Å². The number of carbonyl (C=O) groups excluding carboxylic acids is 2. The predicted molar refractivity (Wildman–Crippen MR) is 94.5 cm³/mol. The Hall–Kier alpha value is -2.76. The second-order valence-corrected chi connectivity index (χ2v) is 6.65. The fourth-order valence-electron chi connectivity index (χ4n) is 2.14. The number of rotatable bonds is 4. The van der Waals surface area contributed by atoms with Crippen LogP contribution in [-0.4, -0.2) is 27.2 Å². The molecule has 1 amide bonds. The largest absolute Gasteiger partial charge is 0.365 e. The first kappa shape index (κ1) is 17.6. The number of benzene rings is 1. The van der Waals surface area contributed by atoms with E-state index in [9.17, 15) is 9.59 Å². The molecule has 0 saturated heterocycles. The van der Waals surface area contributed by atoms with Crippen LogP contribution in [0.2, 0.25) is 0 Å². The molecule has 1 aromatic heterocycles. The quantitative estimate of drug-likeness (QED) is 0.841. The highest BCUT2D eigenvalue weighted by Crippen LogP contribution is 2.16. The molecule has 0 spiro atoms. The third kappa shape index (κ3) is 4.87. The number of hydrogen-bond acceptors (Lipinski definition) is 5. The van der Waals surface area contributed by atoms with Crippen molar-refractivity contribution in [3.63, 3.8) is 0 Å². The predicted octanol–water partition coefficient (Wildman–Crippen LogP) is 3.45. The molecule has 1 aromatic carbocycles. The maximum atomic E-state index is 12.5. The van der Waals surface area contributed by atoms with Gasteiger partial charge in [-0.15, -0.1) is 0 Å². The SMILES string of the molecule is CC(=O)c1cccc(NC(=O)c2cc(NC(C)(C)C)nc(C)n2)c1. The lowest BCUT2D eigenvalue weighted by Gasteiger charge is -2.21. The number of aryl methyl sites for hydroxylation is 1. The minimum Gasteiger partial charge on any atom is -0.365 e. The second kappa shape index (κ2) is 6.78. The lowest BCUT2D eigenvalue weighted by molar-refractivity contribution is 0.100. The number of carbonyl (C=O) groups is 2. The summed E-state index contributed by atoms with van der Waals surface area (Å²) in [6.07, 6.45) is 0. The fraction of sp³-hybridized carbons (Fsp3) is 0.333. The Bertz CT molecular complexity index is 779. The van der Waals surface area contributed by atoms with Gasteiger partial charge in [-0.3, -0.25) is 9.59 Å². The molecule has 0 aliphatic heterocycles. The van der Waals surface area contributed by atoms with Gasteiger partial charge in [0.15, 0.2) is 5.78 Å². The Morgan fingerprint density at radius 1 is 1.08 bits per heavy atom. The summed E-state index contributed by atoms with van der Waals surface area (Å²) in [5.41, 5.74) is 1.18. The Morgan fingerprint density at radius 2 is 1.79 bits per heavy atom. The van der Waals surface area contributed by atoms with E-state index >= 15 is 0 Å². The van der Waals surface area contributed by atoms with Crippen molar-refractivity contribution in [3.8, 4) is 0 Å². The van der Waals surface area contributed by atoms with Crippen molar-refractivity contribution in [2.75, 3.05) is 10.6 Å². The van der Waals surface area contributed by atoms with E-state index in [1.807, 2.05) is 20.8 Å². The van der Waals surface area contributed by atoms with Gasteiger partial charge in [-0.2, -0.15) is 0 Å². The Kier molecular flexibility index (Phi) is 4.97. The van der Waals surface area contributed by atoms with E-state index in [1.54, 1.807) is 37.3 Å². The van der Waals surface area contributed by atoms with Crippen LogP contribution in [0.4, 0.5) is 11.5 Å². The summed E-state index contributed by atoms with van der Waals surface area (Å²) >= 11 is 0. The van der Waals surface area contributed by atoms with E-state index < -0.39 is 0 Å². The lowest BCUT2D eigenvalue weighted by atomic mass is 10.1. The molecular formula is C18H22N4O2. The molecule has 2 rings (SSSR count). The summed E-state index contributed by atoms with van der Waals surface area (Å²) < 4.78 is 0. The Balaban J connectivity index is 2.23. The Morgan fingerprint density at radius 3 is 2.42 bits per heavy atom. The van der Waals surface area contributed by atoms with Crippen LogP contribution < -0.4 is 10.6 Å². The average Bonchev–Trinajstić information content (AvgIpc) is 2.45. The normalized spacial score (nSPS) is 11.0. The number of nitrogens with one attached hydrogen (secondary N) is 2. The molecule has 24 heavy (non-hydrogen) atoms. The molecule has 0 bridgehead atoms. The third-order valence-corrected chi connectivity index (χ3v) is 3.10. The second-order valence-electron chi connectivity index (χ2n) is 6.65. The smallest absolute Gasteiger partial charge is 0.274 e. The first-order valence-electron chi connectivity index (χ1n) is 7.70. The van der Waals surface area contributed by atoms with Gasteiger partial charge in [0.05, 0.1) is 0 Å². The summed E-state index contributed by atoms with van der Waals surface area (Å²) in [7, 11) is 0. The highest BCUT2D eigenvalue weighted by molar-refractivity contribution is 6.04. The van der Waals surface area contributed by atoms with Crippen molar-refractivity contribution in [2.24, 2.45) is 0 Å². The zero-order valence-electron chi connectivity index (χ0n) is 14.6. The van der Waals surface area contributed by atoms with Gasteiger partial charge in [-0.05, 0) is 46.8 Å². The molecule has 0 saturated carbocycles. The summed E-state index contributed by atoms with van der Waals surface area (Å²) in [6.45, 7) is 9.26. The monoisotopic (exact) mass is 326 g/mol. The molecule has 6 nitrogen and oxygen atoms in total. The van der Waals surface area contributed by atoms with Crippen LogP contribution in [-0.2, 0) is 0 Å². The standard InChI is InChI=1S/C18H22N4O2/c1-11(23)13-7-6-8-14(9-13)21-17(24)15-10-16(20-12(2)19-15)22-18(3,4)5/h6-10H,1-5H3,(H,21,24)(H,19,20,22). The van der Waals surface area contributed by atoms with Crippen LogP contribution in [0.15, 0.2) is 30.3 Å². The zero-order valence-corrected chi connectivity index (χ0v) is 14.6. The van der Waals surface area contributed by atoms with Crippen LogP contribution >= 0.6 is 0 Å². The number of aromatic nitrogens is 2. The van der Waals surface area contributed by atoms with E-state index in [1.165, 1.54) is 6.92 Å². The zero-order chi connectivity index (χ0) is 17.9. The van der Waals surface area contributed by atoms with Gasteiger partial charge in [-0.1, -0.05) is 12.1 Å². The minimum atomic E-state index is -0.349. The molecule has 126 valence electrons. The number of hydrogen-bond donors (Lipinski definition) is 2. The van der Waals surface area contributed by atoms with Gasteiger partial charge in [0.2, 0.25) is 0 Å². The first-order chi connectivity index (χ1) is 11.1. The molecule has 0 radical (unpaired) electrons. The topological polar surface area (TPSA) is 84.0 Å². The fourth-order valence-corrected chi connectivity index (χ4v) is 2.14. The van der Waals surface area contributed by atoms with E-state index in [-0.39, 0.29) is 22.9 Å². The molecular weight excluding hydrogens is 304 g/mol. The van der Waals surface area contributed by atoms with Gasteiger partial charge in [0.25, 0.3) is 5.91 Å². The highest BCUT2D eigenvalue weighted by Gasteiger charge is 2.15. The van der Waals surface area contributed by atoms with Crippen LogP contribution in [0, 0.1) is 6.92 Å². The molecule has 0 fully saturated rings. The molecule has 1 heterocycles. The van der Waals surface area contributed by atoms with Crippen LogP contribution in [0.3, 0.4) is 0 Å². The van der Waals surface area contributed by atoms with E-state index in [0.29, 0.717) is 22.9 Å². The number of ketones is 1. The highest BCUT2D eigenvalue weighted by atomic mass is 16.2. The van der Waals surface area contributed by atoms with Gasteiger partial charge < -0.3 is 10.6 Å². The number of Topliss-reactive ketones (excluding diaryl/α,β-unsaturated/α-hetero) is 1. The molecule has 6 heteroatoms. The van der Waals surface area contributed by atoms with Gasteiger partial charge in [-0.25, -0.2) is 9.97 Å². The van der Waals surface area contributed by atoms with Crippen LogP contribution in [0.5, 0.6) is 0 Å². The van der Waals surface area contributed by atoms with Crippen molar-refractivity contribution >= 4 is 23.2 Å². The average molecular weight is 326 g/mol. The van der Waals surface area contributed by atoms with Gasteiger partial charge in [0.1, 0.15) is 17.3 Å². The third-order valence-electron chi connectivity index (χ3n) is 3.10. The maximum absolute atomic E-state index is 12.5. The van der Waals surface area contributed by atoms with E-state index in [2.05, 4.69) is 20.6 Å². The van der Waals surface area contributed by atoms with E-state index in [4.69, 9.17) is 0 Å². The van der Waals surface area contributed by atoms with Gasteiger partial charge >= 0.3 is 0 Å². The number of anilines is 2.